The van der Waals surface area contributed by atoms with E-state index in [0.29, 0.717) is 19.5 Å². The first-order valence-electron chi connectivity index (χ1n) is 8.81. The van der Waals surface area contributed by atoms with Gasteiger partial charge in [0.2, 0.25) is 0 Å². The second-order valence-electron chi connectivity index (χ2n) is 6.79. The molecule has 0 radical (unpaired) electrons. The van der Waals surface area contributed by atoms with Crippen LogP contribution < -0.4 is 9.47 Å². The molecule has 3 rings (SSSR count). The van der Waals surface area contributed by atoms with E-state index in [0.717, 1.165) is 23.6 Å². The van der Waals surface area contributed by atoms with Gasteiger partial charge in [-0.3, -0.25) is 9.69 Å². The van der Waals surface area contributed by atoms with Crippen molar-refractivity contribution in [2.75, 3.05) is 27.3 Å². The Hall–Kier alpha value is -2.53. The van der Waals surface area contributed by atoms with Gasteiger partial charge in [-0.25, -0.2) is 0 Å². The summed E-state index contributed by atoms with van der Waals surface area (Å²) in [6.07, 6.45) is 0.678. The van der Waals surface area contributed by atoms with Gasteiger partial charge in [0.05, 0.1) is 20.1 Å². The first-order chi connectivity index (χ1) is 12.6. The van der Waals surface area contributed by atoms with Crippen LogP contribution >= 0.6 is 0 Å². The number of rotatable bonds is 6. The molecule has 1 N–H and O–H groups in total. The molecule has 2 aromatic carbocycles. The van der Waals surface area contributed by atoms with Crippen molar-refractivity contribution in [3.63, 3.8) is 0 Å². The first kappa shape index (κ1) is 18.3. The van der Waals surface area contributed by atoms with Crippen molar-refractivity contribution in [1.82, 2.24) is 4.90 Å². The Morgan fingerprint density at radius 3 is 2.31 bits per heavy atom. The second kappa shape index (κ2) is 8.23. The predicted molar refractivity (Wildman–Crippen MR) is 99.7 cm³/mol. The molecule has 26 heavy (non-hydrogen) atoms. The number of likely N-dealkylation sites (tertiary alicyclic amines) is 1. The summed E-state index contributed by atoms with van der Waals surface area (Å²) in [7, 11) is 3.26. The molecule has 0 amide bonds. The van der Waals surface area contributed by atoms with E-state index in [2.05, 4.69) is 17.0 Å². The summed E-state index contributed by atoms with van der Waals surface area (Å²) < 4.78 is 10.7. The molecule has 5 heteroatoms. The highest BCUT2D eigenvalue weighted by Gasteiger charge is 2.32. The van der Waals surface area contributed by atoms with Crippen LogP contribution in [0.4, 0.5) is 0 Å². The third kappa shape index (κ3) is 4.35. The lowest BCUT2D eigenvalue weighted by Crippen LogP contribution is -2.41. The van der Waals surface area contributed by atoms with Gasteiger partial charge < -0.3 is 14.6 Å². The zero-order valence-electron chi connectivity index (χ0n) is 15.2. The van der Waals surface area contributed by atoms with Crippen LogP contribution in [0.5, 0.6) is 11.5 Å². The van der Waals surface area contributed by atoms with Crippen molar-refractivity contribution in [2.24, 2.45) is 5.92 Å². The fraction of sp³-hybridized carbons (Fsp3) is 0.381. The van der Waals surface area contributed by atoms with Gasteiger partial charge >= 0.3 is 5.97 Å². The lowest BCUT2D eigenvalue weighted by atomic mass is 9.84. The van der Waals surface area contributed by atoms with Gasteiger partial charge in [0.25, 0.3) is 0 Å². The monoisotopic (exact) mass is 355 g/mol. The van der Waals surface area contributed by atoms with E-state index in [1.54, 1.807) is 14.2 Å². The molecule has 0 aromatic heterocycles. The molecule has 0 bridgehead atoms. The van der Waals surface area contributed by atoms with Crippen LogP contribution in [-0.4, -0.2) is 43.3 Å². The predicted octanol–water partition coefficient (Wildman–Crippen LogP) is 3.39. The molecule has 2 unspecified atom stereocenters. The van der Waals surface area contributed by atoms with E-state index in [-0.39, 0.29) is 11.8 Å². The largest absolute Gasteiger partial charge is 0.497 e. The number of hydrogen-bond donors (Lipinski definition) is 1. The molecule has 0 saturated carbocycles. The molecule has 2 atom stereocenters. The highest BCUT2D eigenvalue weighted by Crippen LogP contribution is 2.32. The molecular formula is C21H25NO4. The number of aliphatic carboxylic acids is 1. The number of nitrogens with zero attached hydrogens (tertiary/aromatic N) is 1. The van der Waals surface area contributed by atoms with Crippen LogP contribution in [0.3, 0.4) is 0 Å². The minimum atomic E-state index is -0.723. The molecule has 1 heterocycles. The molecule has 138 valence electrons. The summed E-state index contributed by atoms with van der Waals surface area (Å²) in [4.78, 5) is 13.9. The van der Waals surface area contributed by atoms with E-state index in [1.165, 1.54) is 5.56 Å². The quantitative estimate of drug-likeness (QED) is 0.861. The second-order valence-corrected chi connectivity index (χ2v) is 6.79. The van der Waals surface area contributed by atoms with Crippen LogP contribution in [0.25, 0.3) is 0 Å². The van der Waals surface area contributed by atoms with Crippen LogP contribution in [0.1, 0.15) is 23.5 Å². The maximum Gasteiger partial charge on any atom is 0.307 e. The third-order valence-corrected chi connectivity index (χ3v) is 4.96. The van der Waals surface area contributed by atoms with Crippen LogP contribution in [0, 0.1) is 5.92 Å². The number of ether oxygens (including phenoxy) is 2. The molecule has 1 aliphatic rings. The molecular weight excluding hydrogens is 330 g/mol. The van der Waals surface area contributed by atoms with Gasteiger partial charge in [0.15, 0.2) is 0 Å². The van der Waals surface area contributed by atoms with Gasteiger partial charge in [-0.1, -0.05) is 30.3 Å². The summed E-state index contributed by atoms with van der Waals surface area (Å²) in [6, 6.07) is 16.0. The lowest BCUT2D eigenvalue weighted by Gasteiger charge is -2.36. The molecule has 0 aliphatic carbocycles. The summed E-state index contributed by atoms with van der Waals surface area (Å²) in [6.45, 7) is 2.06. The van der Waals surface area contributed by atoms with E-state index < -0.39 is 5.97 Å². The molecule has 1 aliphatic heterocycles. The fourth-order valence-corrected chi connectivity index (χ4v) is 3.68. The van der Waals surface area contributed by atoms with Crippen molar-refractivity contribution in [1.29, 1.82) is 0 Å². The highest BCUT2D eigenvalue weighted by atomic mass is 16.5. The van der Waals surface area contributed by atoms with Gasteiger partial charge in [-0.2, -0.15) is 0 Å². The number of carbonyl (C=O) groups is 1. The van der Waals surface area contributed by atoms with Crippen LogP contribution in [0.2, 0.25) is 0 Å². The first-order valence-corrected chi connectivity index (χ1v) is 8.81. The Balaban J connectivity index is 1.81. The summed E-state index contributed by atoms with van der Waals surface area (Å²) in [5.74, 6) is 0.621. The average Bonchev–Trinajstić information content (AvgIpc) is 2.68. The topological polar surface area (TPSA) is 59.0 Å². The third-order valence-electron chi connectivity index (χ3n) is 4.96. The number of hydrogen-bond acceptors (Lipinski definition) is 4. The van der Waals surface area contributed by atoms with Crippen molar-refractivity contribution in [2.45, 2.75) is 18.9 Å². The van der Waals surface area contributed by atoms with Crippen molar-refractivity contribution >= 4 is 5.97 Å². The van der Waals surface area contributed by atoms with Crippen LogP contribution in [-0.2, 0) is 11.3 Å². The molecule has 1 saturated heterocycles. The van der Waals surface area contributed by atoms with Gasteiger partial charge in [-0.15, -0.1) is 0 Å². The van der Waals surface area contributed by atoms with Crippen molar-refractivity contribution in [3.05, 3.63) is 59.7 Å². The SMILES string of the molecule is COc1cc(CN2CC(C(=O)O)CC(c3ccccc3)C2)cc(OC)c1. The zero-order valence-corrected chi connectivity index (χ0v) is 15.2. The fourth-order valence-electron chi connectivity index (χ4n) is 3.68. The molecule has 0 spiro atoms. The average molecular weight is 355 g/mol. The number of piperidine rings is 1. The normalized spacial score (nSPS) is 20.5. The zero-order chi connectivity index (χ0) is 18.5. The van der Waals surface area contributed by atoms with E-state index in [1.807, 2.05) is 36.4 Å². The van der Waals surface area contributed by atoms with Crippen LogP contribution in [0.15, 0.2) is 48.5 Å². The van der Waals surface area contributed by atoms with Gasteiger partial charge in [-0.05, 0) is 35.6 Å². The van der Waals surface area contributed by atoms with Crippen molar-refractivity contribution < 1.29 is 19.4 Å². The minimum absolute atomic E-state index is 0.221. The number of carboxylic acid groups (broad SMARTS) is 1. The lowest BCUT2D eigenvalue weighted by molar-refractivity contribution is -0.144. The maximum atomic E-state index is 11.7. The molecule has 2 aromatic rings. The summed E-state index contributed by atoms with van der Waals surface area (Å²) >= 11 is 0. The van der Waals surface area contributed by atoms with E-state index in [4.69, 9.17) is 9.47 Å². The smallest absolute Gasteiger partial charge is 0.307 e. The Labute approximate surface area is 154 Å². The number of carboxylic acids is 1. The molecule has 1 fully saturated rings. The van der Waals surface area contributed by atoms with Gasteiger partial charge in [0, 0.05) is 25.7 Å². The Bertz CT molecular complexity index is 725. The Kier molecular flexibility index (Phi) is 5.78. The Morgan fingerprint density at radius 1 is 1.08 bits per heavy atom. The maximum absolute atomic E-state index is 11.7. The Morgan fingerprint density at radius 2 is 1.73 bits per heavy atom. The minimum Gasteiger partial charge on any atom is -0.497 e. The number of methoxy groups -OCH3 is 2. The highest BCUT2D eigenvalue weighted by molar-refractivity contribution is 5.70. The van der Waals surface area contributed by atoms with Crippen molar-refractivity contribution in [3.8, 4) is 11.5 Å². The molecule has 5 nitrogen and oxygen atoms in total. The summed E-state index contributed by atoms with van der Waals surface area (Å²) in [5, 5.41) is 9.58. The van der Waals surface area contributed by atoms with Gasteiger partial charge in [0.1, 0.15) is 11.5 Å². The van der Waals surface area contributed by atoms with E-state index >= 15 is 0 Å². The summed E-state index contributed by atoms with van der Waals surface area (Å²) in [5.41, 5.74) is 2.26. The van der Waals surface area contributed by atoms with E-state index in [9.17, 15) is 9.90 Å². The number of benzene rings is 2. The standard InChI is InChI=1S/C21H25NO4/c1-25-19-8-15(9-20(11-19)26-2)12-22-13-17(10-18(14-22)21(23)24)16-6-4-3-5-7-16/h3-9,11,17-18H,10,12-14H2,1-2H3,(H,23,24).